The van der Waals surface area contributed by atoms with E-state index in [0.717, 1.165) is 36.6 Å². The summed E-state index contributed by atoms with van der Waals surface area (Å²) < 4.78 is 59.8. The molecule has 2 atom stereocenters. The Labute approximate surface area is 142 Å². The van der Waals surface area contributed by atoms with Gasteiger partial charge in [0.25, 0.3) is 0 Å². The van der Waals surface area contributed by atoms with Gasteiger partial charge in [-0.1, -0.05) is 0 Å². The maximum atomic E-state index is 13.9. The Bertz CT molecular complexity index is 729. The van der Waals surface area contributed by atoms with Gasteiger partial charge in [-0.3, -0.25) is 4.68 Å². The van der Waals surface area contributed by atoms with Crippen molar-refractivity contribution in [3.8, 4) is 0 Å². The molecule has 2 aromatic rings. The Morgan fingerprint density at radius 3 is 2.84 bits per heavy atom. The van der Waals surface area contributed by atoms with Crippen LogP contribution in [0.4, 0.5) is 17.6 Å². The van der Waals surface area contributed by atoms with Crippen molar-refractivity contribution < 1.29 is 22.3 Å². The topological polar surface area (TPSA) is 39.1 Å². The van der Waals surface area contributed by atoms with E-state index < -0.39 is 17.6 Å². The summed E-state index contributed by atoms with van der Waals surface area (Å²) in [5, 5.41) is 7.27. The maximum absolute atomic E-state index is 13.9. The molecule has 2 heterocycles. The lowest BCUT2D eigenvalue weighted by atomic mass is 9.97. The van der Waals surface area contributed by atoms with Crippen LogP contribution in [0.2, 0.25) is 0 Å². The van der Waals surface area contributed by atoms with E-state index in [0.29, 0.717) is 6.61 Å². The van der Waals surface area contributed by atoms with E-state index in [1.165, 1.54) is 0 Å². The molecule has 0 bridgehead atoms. The number of aromatic nitrogens is 2. The number of aryl methyl sites for hydroxylation is 1. The molecule has 1 N–H and O–H groups in total. The summed E-state index contributed by atoms with van der Waals surface area (Å²) in [6.45, 7) is 0.607. The monoisotopic (exact) mass is 357 g/mol. The first-order chi connectivity index (χ1) is 11.8. The smallest absolute Gasteiger partial charge is 0.372 e. The Hall–Kier alpha value is -1.93. The summed E-state index contributed by atoms with van der Waals surface area (Å²) in [7, 11) is 1.80. The van der Waals surface area contributed by atoms with Crippen LogP contribution in [0, 0.1) is 5.82 Å². The van der Waals surface area contributed by atoms with Crippen molar-refractivity contribution in [3.05, 3.63) is 53.1 Å². The number of ether oxygens (including phenoxy) is 1. The first-order valence-electron chi connectivity index (χ1n) is 8.04. The highest BCUT2D eigenvalue weighted by molar-refractivity contribution is 5.27. The average Bonchev–Trinajstić information content (AvgIpc) is 2.99. The molecule has 0 amide bonds. The Morgan fingerprint density at radius 2 is 2.16 bits per heavy atom. The van der Waals surface area contributed by atoms with Crippen LogP contribution in [0.25, 0.3) is 0 Å². The van der Waals surface area contributed by atoms with Gasteiger partial charge in [0.05, 0.1) is 11.8 Å². The molecule has 136 valence electrons. The fraction of sp³-hybridized carbons (Fsp3) is 0.471. The molecule has 0 saturated carbocycles. The molecule has 4 nitrogen and oxygen atoms in total. The summed E-state index contributed by atoms with van der Waals surface area (Å²) in [5.74, 6) is -0.657. The van der Waals surface area contributed by atoms with Gasteiger partial charge in [0.15, 0.2) is 0 Å². The highest BCUT2D eigenvalue weighted by atomic mass is 19.4. The van der Waals surface area contributed by atoms with Gasteiger partial charge in [0.2, 0.25) is 0 Å². The fourth-order valence-corrected chi connectivity index (χ4v) is 3.03. The number of halogens is 4. The van der Waals surface area contributed by atoms with Crippen molar-refractivity contribution in [1.29, 1.82) is 0 Å². The molecule has 1 aromatic heterocycles. The van der Waals surface area contributed by atoms with Crippen LogP contribution in [-0.4, -0.2) is 22.4 Å². The predicted molar refractivity (Wildman–Crippen MR) is 83.2 cm³/mol. The zero-order valence-electron chi connectivity index (χ0n) is 13.7. The highest BCUT2D eigenvalue weighted by Gasteiger charge is 2.32. The van der Waals surface area contributed by atoms with E-state index in [9.17, 15) is 17.6 Å². The van der Waals surface area contributed by atoms with Crippen LogP contribution in [-0.2, 0) is 24.5 Å². The molecule has 1 aliphatic rings. The molecule has 1 fully saturated rings. The normalized spacial score (nSPS) is 21.5. The van der Waals surface area contributed by atoms with Crippen molar-refractivity contribution in [2.24, 2.45) is 7.05 Å². The van der Waals surface area contributed by atoms with Crippen LogP contribution in [0.3, 0.4) is 0 Å². The second-order valence-electron chi connectivity index (χ2n) is 6.17. The van der Waals surface area contributed by atoms with Crippen molar-refractivity contribution in [1.82, 2.24) is 15.1 Å². The molecule has 1 aliphatic heterocycles. The minimum atomic E-state index is -4.49. The fourth-order valence-electron chi connectivity index (χ4n) is 3.03. The Balaban J connectivity index is 1.73. The van der Waals surface area contributed by atoms with Gasteiger partial charge in [-0.2, -0.15) is 18.3 Å². The molecule has 25 heavy (non-hydrogen) atoms. The molecule has 3 rings (SSSR count). The standard InChI is InChI=1S/C17H19F4N3O/c1-24-10-12(9-23-24)16-15(3-2-6-25-16)22-8-11-7-13(17(19,20)21)4-5-14(11)18/h4-5,7,9-10,15-16,22H,2-3,6,8H2,1H3/t15-,16+/m0/s1. The van der Waals surface area contributed by atoms with Crippen molar-refractivity contribution in [3.63, 3.8) is 0 Å². The van der Waals surface area contributed by atoms with Crippen molar-refractivity contribution in [2.75, 3.05) is 6.61 Å². The van der Waals surface area contributed by atoms with Gasteiger partial charge in [0.1, 0.15) is 11.9 Å². The summed E-state index contributed by atoms with van der Waals surface area (Å²) in [6.07, 6.45) is 0.426. The quantitative estimate of drug-likeness (QED) is 0.850. The van der Waals surface area contributed by atoms with Gasteiger partial charge in [-0.05, 0) is 31.0 Å². The minimum Gasteiger partial charge on any atom is -0.372 e. The van der Waals surface area contributed by atoms with Gasteiger partial charge < -0.3 is 10.1 Å². The van der Waals surface area contributed by atoms with Gasteiger partial charge >= 0.3 is 6.18 Å². The van der Waals surface area contributed by atoms with E-state index in [-0.39, 0.29) is 24.3 Å². The van der Waals surface area contributed by atoms with E-state index >= 15 is 0 Å². The van der Waals surface area contributed by atoms with Crippen LogP contribution in [0.15, 0.2) is 30.6 Å². The van der Waals surface area contributed by atoms with E-state index in [4.69, 9.17) is 4.74 Å². The number of nitrogens with one attached hydrogen (secondary N) is 1. The zero-order valence-corrected chi connectivity index (χ0v) is 13.7. The van der Waals surface area contributed by atoms with Crippen LogP contribution in [0.1, 0.15) is 35.6 Å². The molecule has 0 radical (unpaired) electrons. The molecular formula is C17H19F4N3O. The Kier molecular flexibility index (Phi) is 5.10. The highest BCUT2D eigenvalue weighted by Crippen LogP contribution is 2.31. The van der Waals surface area contributed by atoms with Gasteiger partial charge in [0, 0.05) is 43.6 Å². The molecular weight excluding hydrogens is 338 g/mol. The minimum absolute atomic E-state index is 0.000538. The molecule has 8 heteroatoms. The maximum Gasteiger partial charge on any atom is 0.416 e. The average molecular weight is 357 g/mol. The number of rotatable bonds is 4. The number of benzene rings is 1. The van der Waals surface area contributed by atoms with Crippen LogP contribution < -0.4 is 5.32 Å². The second-order valence-corrected chi connectivity index (χ2v) is 6.17. The number of hydrogen-bond acceptors (Lipinski definition) is 3. The van der Waals surface area contributed by atoms with Gasteiger partial charge in [-0.25, -0.2) is 4.39 Å². The summed E-state index contributed by atoms with van der Waals surface area (Å²) >= 11 is 0. The van der Waals surface area contributed by atoms with Crippen LogP contribution in [0.5, 0.6) is 0 Å². The number of nitrogens with zero attached hydrogens (tertiary/aromatic N) is 2. The lowest BCUT2D eigenvalue weighted by Gasteiger charge is -2.32. The first-order valence-corrected chi connectivity index (χ1v) is 8.04. The van der Waals surface area contributed by atoms with E-state index in [2.05, 4.69) is 10.4 Å². The molecule has 0 spiro atoms. The lowest BCUT2D eigenvalue weighted by molar-refractivity contribution is -0.137. The third kappa shape index (κ3) is 4.19. The van der Waals surface area contributed by atoms with E-state index in [1.807, 2.05) is 6.20 Å². The second kappa shape index (κ2) is 7.13. The van der Waals surface area contributed by atoms with Crippen LogP contribution >= 0.6 is 0 Å². The summed E-state index contributed by atoms with van der Waals surface area (Å²) in [6, 6.07) is 2.34. The summed E-state index contributed by atoms with van der Waals surface area (Å²) in [5.41, 5.74) is 0.0314. The Morgan fingerprint density at radius 1 is 1.36 bits per heavy atom. The number of hydrogen-bond donors (Lipinski definition) is 1. The molecule has 0 aliphatic carbocycles. The molecule has 0 unspecified atom stereocenters. The third-order valence-electron chi connectivity index (χ3n) is 4.30. The molecule has 1 saturated heterocycles. The number of alkyl halides is 3. The molecule has 1 aromatic carbocycles. The van der Waals surface area contributed by atoms with Gasteiger partial charge in [-0.15, -0.1) is 0 Å². The zero-order chi connectivity index (χ0) is 18.0. The largest absolute Gasteiger partial charge is 0.416 e. The predicted octanol–water partition coefficient (Wildman–Crippen LogP) is 3.59. The van der Waals surface area contributed by atoms with Crippen molar-refractivity contribution >= 4 is 0 Å². The van der Waals surface area contributed by atoms with E-state index in [1.54, 1.807) is 17.9 Å². The third-order valence-corrected chi connectivity index (χ3v) is 4.30. The summed E-state index contributed by atoms with van der Waals surface area (Å²) in [4.78, 5) is 0. The first kappa shape index (κ1) is 17.9. The lowest BCUT2D eigenvalue weighted by Crippen LogP contribution is -2.39. The van der Waals surface area contributed by atoms with Crippen molar-refractivity contribution in [2.45, 2.75) is 37.7 Å². The SMILES string of the molecule is Cn1cc([C@H]2OCCC[C@@H]2NCc2cc(C(F)(F)F)ccc2F)cn1.